The third-order valence-electron chi connectivity index (χ3n) is 1.52. The summed E-state index contributed by atoms with van der Waals surface area (Å²) in [5, 5.41) is 0. The summed E-state index contributed by atoms with van der Waals surface area (Å²) in [5.74, 6) is 0. The van der Waals surface area contributed by atoms with Gasteiger partial charge in [0.05, 0.1) is 15.7 Å². The molecular weight excluding hydrogens is 182 g/mol. The lowest BCUT2D eigenvalue weighted by molar-refractivity contribution is 0.622. The minimum atomic E-state index is -1.04. The van der Waals surface area contributed by atoms with Crippen molar-refractivity contribution in [3.63, 3.8) is 0 Å². The summed E-state index contributed by atoms with van der Waals surface area (Å²) in [6.07, 6.45) is 4.30. The third-order valence-corrected chi connectivity index (χ3v) is 3.15. The van der Waals surface area contributed by atoms with Crippen LogP contribution in [0.2, 0.25) is 0 Å². The fraction of sp³-hybridized carbons (Fsp3) is 0.600. The van der Waals surface area contributed by atoms with Crippen LogP contribution in [-0.2, 0) is 11.0 Å². The van der Waals surface area contributed by atoms with E-state index in [9.17, 15) is 4.21 Å². The van der Waals surface area contributed by atoms with Crippen molar-refractivity contribution in [3.05, 3.63) is 25.3 Å². The smallest absolute Gasteiger partial charge is 0.0975 e. The van der Waals surface area contributed by atoms with E-state index < -0.39 is 11.0 Å². The van der Waals surface area contributed by atoms with Crippen LogP contribution in [-0.4, -0.2) is 15.0 Å². The lowest BCUT2D eigenvalue weighted by Crippen LogP contribution is -2.38. The summed E-state index contributed by atoms with van der Waals surface area (Å²) < 4.78 is 14.4. The molecule has 76 valence electrons. The average Bonchev–Trinajstić information content (AvgIpc) is 2.01. The first-order valence-corrected chi connectivity index (χ1v) is 5.48. The Labute approximate surface area is 83.7 Å². The molecule has 0 saturated heterocycles. The number of rotatable bonds is 5. The zero-order valence-electron chi connectivity index (χ0n) is 8.67. The van der Waals surface area contributed by atoms with E-state index in [4.69, 9.17) is 0 Å². The SMILES string of the molecule is C=CC[C@H](C=C)N[S@@](=O)C(C)(C)C. The first-order valence-electron chi connectivity index (χ1n) is 4.33. The molecule has 0 aromatic heterocycles. The Morgan fingerprint density at radius 1 is 1.46 bits per heavy atom. The highest BCUT2D eigenvalue weighted by atomic mass is 32.2. The van der Waals surface area contributed by atoms with Gasteiger partial charge in [-0.1, -0.05) is 12.2 Å². The van der Waals surface area contributed by atoms with E-state index in [1.54, 1.807) is 12.2 Å². The van der Waals surface area contributed by atoms with E-state index in [2.05, 4.69) is 17.9 Å². The third kappa shape index (κ3) is 5.01. The van der Waals surface area contributed by atoms with Crippen LogP contribution in [0.4, 0.5) is 0 Å². The van der Waals surface area contributed by atoms with Crippen molar-refractivity contribution in [3.8, 4) is 0 Å². The van der Waals surface area contributed by atoms with Crippen LogP contribution in [0.3, 0.4) is 0 Å². The van der Waals surface area contributed by atoms with Crippen molar-refractivity contribution < 1.29 is 4.21 Å². The maximum Gasteiger partial charge on any atom is 0.0975 e. The van der Waals surface area contributed by atoms with Gasteiger partial charge in [-0.05, 0) is 27.2 Å². The van der Waals surface area contributed by atoms with Crippen molar-refractivity contribution in [1.82, 2.24) is 4.72 Å². The van der Waals surface area contributed by atoms with Crippen LogP contribution in [0.5, 0.6) is 0 Å². The summed E-state index contributed by atoms with van der Waals surface area (Å²) in [6.45, 7) is 13.1. The van der Waals surface area contributed by atoms with Gasteiger partial charge in [0.1, 0.15) is 0 Å². The van der Waals surface area contributed by atoms with E-state index in [0.717, 1.165) is 6.42 Å². The van der Waals surface area contributed by atoms with Gasteiger partial charge < -0.3 is 0 Å². The average molecular weight is 201 g/mol. The van der Waals surface area contributed by atoms with E-state index in [1.165, 1.54) is 0 Å². The number of hydrogen-bond donors (Lipinski definition) is 1. The quantitative estimate of drug-likeness (QED) is 0.679. The molecule has 0 aromatic carbocycles. The maximum absolute atomic E-state index is 11.6. The highest BCUT2D eigenvalue weighted by Crippen LogP contribution is 2.10. The minimum Gasteiger partial charge on any atom is -0.242 e. The van der Waals surface area contributed by atoms with E-state index in [-0.39, 0.29) is 10.8 Å². The molecule has 0 rings (SSSR count). The monoisotopic (exact) mass is 201 g/mol. The molecule has 0 fully saturated rings. The van der Waals surface area contributed by atoms with E-state index in [0.29, 0.717) is 0 Å². The first kappa shape index (κ1) is 12.6. The van der Waals surface area contributed by atoms with Crippen molar-refractivity contribution in [2.24, 2.45) is 0 Å². The van der Waals surface area contributed by atoms with Gasteiger partial charge in [-0.2, -0.15) is 0 Å². The molecule has 0 saturated carbocycles. The van der Waals surface area contributed by atoms with Gasteiger partial charge in [0.15, 0.2) is 0 Å². The van der Waals surface area contributed by atoms with E-state index >= 15 is 0 Å². The van der Waals surface area contributed by atoms with Crippen molar-refractivity contribution in [2.75, 3.05) is 0 Å². The molecule has 1 N–H and O–H groups in total. The summed E-state index contributed by atoms with van der Waals surface area (Å²) in [5.41, 5.74) is 0. The molecule has 0 radical (unpaired) electrons. The standard InChI is InChI=1S/C10H19NOS/c1-6-8-9(7-2)11-13(12)10(3,4)5/h6-7,9,11H,1-2,8H2,3-5H3/t9-,13-/m0/s1. The van der Waals surface area contributed by atoms with Gasteiger partial charge in [0, 0.05) is 6.04 Å². The fourth-order valence-corrected chi connectivity index (χ4v) is 1.51. The Bertz CT molecular complexity index is 205. The van der Waals surface area contributed by atoms with E-state index in [1.807, 2.05) is 20.8 Å². The number of hydrogen-bond acceptors (Lipinski definition) is 1. The minimum absolute atomic E-state index is 0.0533. The molecule has 0 heterocycles. The molecule has 0 spiro atoms. The summed E-state index contributed by atoms with van der Waals surface area (Å²) in [4.78, 5) is 0. The van der Waals surface area contributed by atoms with Crippen LogP contribution >= 0.6 is 0 Å². The molecule has 0 amide bonds. The zero-order chi connectivity index (χ0) is 10.5. The summed E-state index contributed by atoms with van der Waals surface area (Å²) in [7, 11) is -1.04. The molecule has 0 aliphatic heterocycles. The van der Waals surface area contributed by atoms with Crippen molar-refractivity contribution >= 4 is 11.0 Å². The molecule has 0 aromatic rings. The summed E-state index contributed by atoms with van der Waals surface area (Å²) in [6, 6.07) is 0.0533. The van der Waals surface area contributed by atoms with Gasteiger partial charge in [0.25, 0.3) is 0 Å². The molecule has 0 unspecified atom stereocenters. The van der Waals surface area contributed by atoms with Gasteiger partial charge in [-0.25, -0.2) is 8.93 Å². The number of nitrogens with one attached hydrogen (secondary N) is 1. The Kier molecular flexibility index (Phi) is 5.18. The first-order chi connectivity index (χ1) is 5.91. The van der Waals surface area contributed by atoms with Crippen LogP contribution in [0.1, 0.15) is 27.2 Å². The lowest BCUT2D eigenvalue weighted by Gasteiger charge is -2.21. The molecular formula is C10H19NOS. The van der Waals surface area contributed by atoms with Crippen LogP contribution in [0.25, 0.3) is 0 Å². The Hall–Kier alpha value is -0.410. The maximum atomic E-state index is 11.6. The molecule has 2 nitrogen and oxygen atoms in total. The van der Waals surface area contributed by atoms with Gasteiger partial charge in [-0.3, -0.25) is 0 Å². The van der Waals surface area contributed by atoms with Crippen LogP contribution < -0.4 is 4.72 Å². The fourth-order valence-electron chi connectivity index (χ4n) is 0.686. The van der Waals surface area contributed by atoms with Crippen molar-refractivity contribution in [2.45, 2.75) is 38.0 Å². The van der Waals surface area contributed by atoms with Gasteiger partial charge in [0.2, 0.25) is 0 Å². The van der Waals surface area contributed by atoms with Gasteiger partial charge >= 0.3 is 0 Å². The predicted octanol–water partition coefficient (Wildman–Crippen LogP) is 2.17. The van der Waals surface area contributed by atoms with Crippen LogP contribution in [0, 0.1) is 0 Å². The largest absolute Gasteiger partial charge is 0.242 e. The highest BCUT2D eigenvalue weighted by molar-refractivity contribution is 7.84. The van der Waals surface area contributed by atoms with Crippen molar-refractivity contribution in [1.29, 1.82) is 0 Å². The molecule has 0 bridgehead atoms. The Balaban J connectivity index is 4.16. The second-order valence-corrected chi connectivity index (χ2v) is 5.86. The Morgan fingerprint density at radius 3 is 2.31 bits per heavy atom. The van der Waals surface area contributed by atoms with Crippen LogP contribution in [0.15, 0.2) is 25.3 Å². The molecule has 0 aliphatic rings. The molecule has 0 aliphatic carbocycles. The normalized spacial score (nSPS) is 16.2. The second kappa shape index (κ2) is 5.35. The second-order valence-electron chi connectivity index (χ2n) is 3.87. The zero-order valence-corrected chi connectivity index (χ0v) is 9.49. The topological polar surface area (TPSA) is 29.1 Å². The summed E-state index contributed by atoms with van der Waals surface area (Å²) >= 11 is 0. The molecule has 3 heteroatoms. The van der Waals surface area contributed by atoms with Gasteiger partial charge in [-0.15, -0.1) is 13.2 Å². The highest BCUT2D eigenvalue weighted by Gasteiger charge is 2.20. The predicted molar refractivity (Wildman–Crippen MR) is 59.8 cm³/mol. The lowest BCUT2D eigenvalue weighted by atomic mass is 10.2. The Morgan fingerprint density at radius 2 is 2.00 bits per heavy atom. The molecule has 2 atom stereocenters. The molecule has 13 heavy (non-hydrogen) atoms.